The van der Waals surface area contributed by atoms with Crippen molar-refractivity contribution in [2.45, 2.75) is 40.0 Å². The maximum atomic E-state index is 6.24. The van der Waals surface area contributed by atoms with Gasteiger partial charge >= 0.3 is 0 Å². The second-order valence-electron chi connectivity index (χ2n) is 5.37. The highest BCUT2D eigenvalue weighted by atomic mass is 35.5. The molecule has 0 fully saturated rings. The Morgan fingerprint density at radius 1 is 1.14 bits per heavy atom. The largest absolute Gasteiger partial charge is 0.494 e. The van der Waals surface area contributed by atoms with Gasteiger partial charge in [0.15, 0.2) is 0 Å². The number of aromatic nitrogens is 2. The first-order chi connectivity index (χ1) is 10.0. The molecule has 0 aliphatic rings. The van der Waals surface area contributed by atoms with Crippen LogP contribution < -0.4 is 4.74 Å². The van der Waals surface area contributed by atoms with Gasteiger partial charge in [0.2, 0.25) is 0 Å². The van der Waals surface area contributed by atoms with Crippen LogP contribution in [0.3, 0.4) is 0 Å². The molecule has 1 heterocycles. The minimum absolute atomic E-state index is 0.244. The molecule has 0 aliphatic carbocycles. The second kappa shape index (κ2) is 6.90. The lowest BCUT2D eigenvalue weighted by Gasteiger charge is -2.12. The summed E-state index contributed by atoms with van der Waals surface area (Å²) in [6.07, 6.45) is 1.00. The zero-order valence-corrected chi connectivity index (χ0v) is 13.7. The van der Waals surface area contributed by atoms with E-state index in [0.717, 1.165) is 41.4 Å². The lowest BCUT2D eigenvalue weighted by atomic mass is 10.1. The van der Waals surface area contributed by atoms with Crippen molar-refractivity contribution in [1.29, 1.82) is 0 Å². The summed E-state index contributed by atoms with van der Waals surface area (Å²) >= 11 is 6.24. The van der Waals surface area contributed by atoms with Gasteiger partial charge in [-0.05, 0) is 37.6 Å². The van der Waals surface area contributed by atoms with Crippen LogP contribution in [0, 0.1) is 6.92 Å². The fraction of sp³-hybridized carbons (Fsp3) is 0.412. The molecule has 0 unspecified atom stereocenters. The van der Waals surface area contributed by atoms with E-state index in [1.165, 1.54) is 0 Å². The van der Waals surface area contributed by atoms with Gasteiger partial charge in [-0.15, -0.1) is 0 Å². The van der Waals surface area contributed by atoms with Gasteiger partial charge in [0.1, 0.15) is 16.7 Å². The van der Waals surface area contributed by atoms with Gasteiger partial charge in [-0.2, -0.15) is 0 Å². The number of nitrogens with zero attached hydrogens (tertiary/aromatic N) is 2. The molecule has 0 radical (unpaired) electrons. The van der Waals surface area contributed by atoms with Gasteiger partial charge in [0.05, 0.1) is 12.3 Å². The fourth-order valence-electron chi connectivity index (χ4n) is 1.97. The third-order valence-corrected chi connectivity index (χ3v) is 3.59. The third kappa shape index (κ3) is 3.73. The molecule has 0 bridgehead atoms. The molecule has 2 aromatic rings. The lowest BCUT2D eigenvalue weighted by molar-refractivity contribution is 0.317. The summed E-state index contributed by atoms with van der Waals surface area (Å²) in [7, 11) is 0. The van der Waals surface area contributed by atoms with E-state index < -0.39 is 0 Å². The standard InChI is InChI=1S/C17H21ClN2O/c1-5-10-21-14-8-6-13(7-9-14)15-12(4)16(18)20-17(19-15)11(2)3/h6-9,11H,5,10H2,1-4H3. The number of hydrogen-bond acceptors (Lipinski definition) is 3. The molecule has 0 atom stereocenters. The van der Waals surface area contributed by atoms with Crippen LogP contribution in [0.15, 0.2) is 24.3 Å². The Morgan fingerprint density at radius 2 is 1.81 bits per heavy atom. The maximum absolute atomic E-state index is 6.24. The van der Waals surface area contributed by atoms with E-state index in [1.54, 1.807) is 0 Å². The van der Waals surface area contributed by atoms with Gasteiger partial charge in [-0.25, -0.2) is 9.97 Å². The first-order valence-corrected chi connectivity index (χ1v) is 7.68. The highest BCUT2D eigenvalue weighted by molar-refractivity contribution is 6.30. The second-order valence-corrected chi connectivity index (χ2v) is 5.73. The van der Waals surface area contributed by atoms with Crippen LogP contribution in [0.1, 0.15) is 44.5 Å². The number of rotatable bonds is 5. The highest BCUT2D eigenvalue weighted by Gasteiger charge is 2.13. The summed E-state index contributed by atoms with van der Waals surface area (Å²) in [6, 6.07) is 7.96. The van der Waals surface area contributed by atoms with Gasteiger partial charge in [0.25, 0.3) is 0 Å². The van der Waals surface area contributed by atoms with Crippen molar-refractivity contribution in [1.82, 2.24) is 9.97 Å². The fourth-order valence-corrected chi connectivity index (χ4v) is 2.15. The van der Waals surface area contributed by atoms with E-state index in [9.17, 15) is 0 Å². The molecular formula is C17H21ClN2O. The number of hydrogen-bond donors (Lipinski definition) is 0. The highest BCUT2D eigenvalue weighted by Crippen LogP contribution is 2.28. The first kappa shape index (κ1) is 15.8. The van der Waals surface area contributed by atoms with E-state index in [-0.39, 0.29) is 5.92 Å². The summed E-state index contributed by atoms with van der Waals surface area (Å²) in [5, 5.41) is 0.523. The third-order valence-electron chi connectivity index (χ3n) is 3.22. The minimum atomic E-state index is 0.244. The minimum Gasteiger partial charge on any atom is -0.494 e. The lowest BCUT2D eigenvalue weighted by Crippen LogP contribution is -2.02. The van der Waals surface area contributed by atoms with Gasteiger partial charge < -0.3 is 4.74 Å². The zero-order chi connectivity index (χ0) is 15.4. The Kier molecular flexibility index (Phi) is 5.18. The Balaban J connectivity index is 2.36. The SMILES string of the molecule is CCCOc1ccc(-c2nc(C(C)C)nc(Cl)c2C)cc1. The molecule has 0 N–H and O–H groups in total. The van der Waals surface area contributed by atoms with Crippen molar-refractivity contribution in [3.63, 3.8) is 0 Å². The molecule has 0 aliphatic heterocycles. The van der Waals surface area contributed by atoms with Crippen LogP contribution in [-0.4, -0.2) is 16.6 Å². The molecule has 1 aromatic carbocycles. The average Bonchev–Trinajstić information content (AvgIpc) is 2.48. The van der Waals surface area contributed by atoms with Crippen LogP contribution in [-0.2, 0) is 0 Å². The quantitative estimate of drug-likeness (QED) is 0.728. The van der Waals surface area contributed by atoms with Crippen LogP contribution in [0.2, 0.25) is 5.15 Å². The van der Waals surface area contributed by atoms with Crippen LogP contribution in [0.4, 0.5) is 0 Å². The van der Waals surface area contributed by atoms with Crippen molar-refractivity contribution in [2.75, 3.05) is 6.61 Å². The number of ether oxygens (including phenoxy) is 1. The van der Waals surface area contributed by atoms with E-state index >= 15 is 0 Å². The van der Waals surface area contributed by atoms with E-state index in [2.05, 4.69) is 30.7 Å². The van der Waals surface area contributed by atoms with Crippen LogP contribution in [0.5, 0.6) is 5.75 Å². The predicted molar refractivity (Wildman–Crippen MR) is 87.1 cm³/mol. The van der Waals surface area contributed by atoms with Gasteiger partial charge in [0, 0.05) is 17.0 Å². The molecular weight excluding hydrogens is 284 g/mol. The normalized spacial score (nSPS) is 11.0. The smallest absolute Gasteiger partial charge is 0.136 e. The zero-order valence-electron chi connectivity index (χ0n) is 13.0. The number of benzene rings is 1. The monoisotopic (exact) mass is 304 g/mol. The average molecular weight is 305 g/mol. The summed E-state index contributed by atoms with van der Waals surface area (Å²) < 4.78 is 5.60. The Hall–Kier alpha value is -1.61. The van der Waals surface area contributed by atoms with Crippen molar-refractivity contribution in [2.24, 2.45) is 0 Å². The summed E-state index contributed by atoms with van der Waals surface area (Å²) in [5.41, 5.74) is 2.83. The molecule has 21 heavy (non-hydrogen) atoms. The number of halogens is 1. The molecule has 0 saturated carbocycles. The Bertz CT molecular complexity index is 609. The predicted octanol–water partition coefficient (Wildman–Crippen LogP) is 5.02. The van der Waals surface area contributed by atoms with Crippen molar-refractivity contribution >= 4 is 11.6 Å². The van der Waals surface area contributed by atoms with E-state index in [1.807, 2.05) is 31.2 Å². The topological polar surface area (TPSA) is 35.0 Å². The van der Waals surface area contributed by atoms with Gasteiger partial charge in [-0.1, -0.05) is 32.4 Å². The van der Waals surface area contributed by atoms with E-state index in [4.69, 9.17) is 16.3 Å². The molecule has 0 amide bonds. The molecule has 3 nitrogen and oxygen atoms in total. The van der Waals surface area contributed by atoms with E-state index in [0.29, 0.717) is 5.15 Å². The maximum Gasteiger partial charge on any atom is 0.136 e. The molecule has 112 valence electrons. The van der Waals surface area contributed by atoms with Gasteiger partial charge in [-0.3, -0.25) is 0 Å². The molecule has 0 saturated heterocycles. The molecule has 2 rings (SSSR count). The summed E-state index contributed by atoms with van der Waals surface area (Å²) in [5.74, 6) is 1.89. The molecule has 1 aromatic heterocycles. The summed E-state index contributed by atoms with van der Waals surface area (Å²) in [4.78, 5) is 9.00. The molecule has 0 spiro atoms. The van der Waals surface area contributed by atoms with Crippen LogP contribution in [0.25, 0.3) is 11.3 Å². The Morgan fingerprint density at radius 3 is 2.38 bits per heavy atom. The molecule has 4 heteroatoms. The van der Waals surface area contributed by atoms with Crippen molar-refractivity contribution in [3.05, 3.63) is 40.8 Å². The summed E-state index contributed by atoms with van der Waals surface area (Å²) in [6.45, 7) is 8.89. The first-order valence-electron chi connectivity index (χ1n) is 7.30. The van der Waals surface area contributed by atoms with Crippen molar-refractivity contribution < 1.29 is 4.74 Å². The Labute approximate surface area is 131 Å². The van der Waals surface area contributed by atoms with Crippen molar-refractivity contribution in [3.8, 4) is 17.0 Å². The van der Waals surface area contributed by atoms with Crippen LogP contribution >= 0.6 is 11.6 Å².